The first-order valence-electron chi connectivity index (χ1n) is 3.85. The fourth-order valence-electron chi connectivity index (χ4n) is 1.16. The summed E-state index contributed by atoms with van der Waals surface area (Å²) in [6, 6.07) is 3.09. The van der Waals surface area contributed by atoms with Crippen LogP contribution in [0.15, 0.2) is 34.6 Å². The molecule has 0 radical (unpaired) electrons. The minimum Gasteiger partial charge on any atom is -0.744 e. The van der Waals surface area contributed by atoms with E-state index >= 15 is 0 Å². The van der Waals surface area contributed by atoms with Crippen LogP contribution in [0.1, 0.15) is 5.56 Å². The molecule has 0 aliphatic rings. The second-order valence-corrected chi connectivity index (χ2v) is 5.45. The van der Waals surface area contributed by atoms with Crippen LogP contribution in [0, 0.1) is 0 Å². The largest absolute Gasteiger partial charge is 1.00 e. The van der Waals surface area contributed by atoms with Gasteiger partial charge in [-0.05, 0) is 11.6 Å². The van der Waals surface area contributed by atoms with Gasteiger partial charge in [0.25, 0.3) is 0 Å². The van der Waals surface area contributed by atoms with Gasteiger partial charge in [0.05, 0.1) is 9.79 Å². The molecule has 0 saturated heterocycles. The maximum absolute atomic E-state index is 10.9. The van der Waals surface area contributed by atoms with Gasteiger partial charge in [0.2, 0.25) is 0 Å². The third kappa shape index (κ3) is 5.04. The molecule has 18 heavy (non-hydrogen) atoms. The summed E-state index contributed by atoms with van der Waals surface area (Å²) in [4.78, 5) is -2.11. The van der Waals surface area contributed by atoms with Crippen LogP contribution in [0.3, 0.4) is 0 Å². The van der Waals surface area contributed by atoms with E-state index in [0.717, 1.165) is 18.2 Å². The molecule has 1 rings (SSSR count). The summed E-state index contributed by atoms with van der Waals surface area (Å²) in [6.07, 6.45) is 0.986. The van der Waals surface area contributed by atoms with Gasteiger partial charge in [0.1, 0.15) is 20.2 Å². The van der Waals surface area contributed by atoms with Crippen LogP contribution in [0.4, 0.5) is 0 Å². The molecule has 0 aliphatic heterocycles. The van der Waals surface area contributed by atoms with Crippen LogP contribution in [-0.2, 0) is 20.2 Å². The van der Waals surface area contributed by atoms with Crippen LogP contribution in [0.2, 0.25) is 0 Å². The van der Waals surface area contributed by atoms with Crippen LogP contribution < -0.4 is 59.1 Å². The molecule has 10 heteroatoms. The van der Waals surface area contributed by atoms with Crippen molar-refractivity contribution < 1.29 is 85.1 Å². The fourth-order valence-corrected chi connectivity index (χ4v) is 3.11. The van der Waals surface area contributed by atoms with Gasteiger partial charge in [-0.15, -0.1) is 0 Å². The molecule has 0 saturated carbocycles. The molecule has 88 valence electrons. The molecule has 0 heterocycles. The summed E-state index contributed by atoms with van der Waals surface area (Å²) < 4.78 is 64.9. The Labute approximate surface area is 150 Å². The summed E-state index contributed by atoms with van der Waals surface area (Å²) in [7, 11) is -10.1. The average Bonchev–Trinajstić information content (AvgIpc) is 2.13. The number of benzene rings is 1. The summed E-state index contributed by atoms with van der Waals surface area (Å²) in [5, 5.41) is 0. The van der Waals surface area contributed by atoms with Gasteiger partial charge in [0.15, 0.2) is 0 Å². The molecule has 6 nitrogen and oxygen atoms in total. The summed E-state index contributed by atoms with van der Waals surface area (Å²) in [5.74, 6) is 0. The van der Waals surface area contributed by atoms with Gasteiger partial charge in [-0.25, -0.2) is 16.8 Å². The average molecular weight is 308 g/mol. The SMILES string of the molecule is C=Cc1cccc(S(=O)(=O)[O-])c1S(=O)(=O)[O-].[Na+].[Na+]. The van der Waals surface area contributed by atoms with Crippen molar-refractivity contribution in [1.29, 1.82) is 0 Å². The molecule has 0 atom stereocenters. The van der Waals surface area contributed by atoms with E-state index in [2.05, 4.69) is 6.58 Å². The fraction of sp³-hybridized carbons (Fsp3) is 0. The van der Waals surface area contributed by atoms with E-state index in [9.17, 15) is 25.9 Å². The van der Waals surface area contributed by atoms with Gasteiger partial charge in [-0.1, -0.05) is 24.8 Å². The quantitative estimate of drug-likeness (QED) is 0.406. The molecule has 0 bridgehead atoms. The topological polar surface area (TPSA) is 114 Å². The Kier molecular flexibility index (Phi) is 8.82. The Morgan fingerprint density at radius 2 is 1.50 bits per heavy atom. The maximum Gasteiger partial charge on any atom is 1.00 e. The minimum absolute atomic E-state index is 0. The molecule has 0 fully saturated rings. The molecular formula is C8H6Na2O6S2. The third-order valence-electron chi connectivity index (χ3n) is 1.75. The standard InChI is InChI=1S/C8H8O6S2.2Na/c1-2-6-4-3-5-7(15(9,10)11)8(6)16(12,13)14;;/h2-5H,1H2,(H,9,10,11)(H,12,13,14);;/q;2*+1/p-2. The normalized spacial score (nSPS) is 11.0. The van der Waals surface area contributed by atoms with Crippen LogP contribution in [0.5, 0.6) is 0 Å². The molecule has 0 aliphatic carbocycles. The summed E-state index contributed by atoms with van der Waals surface area (Å²) >= 11 is 0. The first kappa shape index (κ1) is 21.1. The first-order valence-corrected chi connectivity index (χ1v) is 6.67. The molecule has 1 aromatic rings. The second-order valence-electron chi connectivity index (χ2n) is 2.79. The van der Waals surface area contributed by atoms with E-state index in [4.69, 9.17) is 0 Å². The van der Waals surface area contributed by atoms with Crippen LogP contribution >= 0.6 is 0 Å². The van der Waals surface area contributed by atoms with Crippen LogP contribution in [-0.4, -0.2) is 25.9 Å². The van der Waals surface area contributed by atoms with E-state index in [1.54, 1.807) is 0 Å². The van der Waals surface area contributed by atoms with E-state index in [-0.39, 0.29) is 64.7 Å². The molecule has 0 N–H and O–H groups in total. The molecule has 1 aromatic carbocycles. The zero-order valence-electron chi connectivity index (χ0n) is 9.78. The van der Waals surface area contributed by atoms with Gasteiger partial charge in [-0.3, -0.25) is 0 Å². The Hall–Kier alpha value is 0.780. The second kappa shape index (κ2) is 7.53. The molecule has 0 unspecified atom stereocenters. The molecule has 0 aromatic heterocycles. The zero-order valence-corrected chi connectivity index (χ0v) is 15.4. The van der Waals surface area contributed by atoms with E-state index < -0.39 is 30.0 Å². The maximum atomic E-state index is 10.9. The number of hydrogen-bond donors (Lipinski definition) is 0. The zero-order chi connectivity index (χ0) is 12.6. The number of hydrogen-bond acceptors (Lipinski definition) is 6. The van der Waals surface area contributed by atoms with Crippen molar-refractivity contribution in [2.45, 2.75) is 9.79 Å². The van der Waals surface area contributed by atoms with Crippen molar-refractivity contribution in [3.8, 4) is 0 Å². The summed E-state index contributed by atoms with van der Waals surface area (Å²) in [5.41, 5.74) is -0.216. The van der Waals surface area contributed by atoms with Gasteiger partial charge < -0.3 is 9.11 Å². The van der Waals surface area contributed by atoms with Gasteiger partial charge in [0, 0.05) is 0 Å². The molecule has 0 spiro atoms. The summed E-state index contributed by atoms with van der Waals surface area (Å²) in [6.45, 7) is 3.23. The van der Waals surface area contributed by atoms with Gasteiger partial charge >= 0.3 is 59.1 Å². The van der Waals surface area contributed by atoms with Crippen molar-refractivity contribution >= 4 is 26.3 Å². The van der Waals surface area contributed by atoms with Gasteiger partial charge in [-0.2, -0.15) is 0 Å². The predicted molar refractivity (Wildman–Crippen MR) is 52.5 cm³/mol. The first-order chi connectivity index (χ1) is 7.18. The Bertz CT molecular complexity index is 636. The Morgan fingerprint density at radius 1 is 1.00 bits per heavy atom. The molecule has 0 amide bonds. The third-order valence-corrected chi connectivity index (χ3v) is 3.71. The number of rotatable bonds is 3. The van der Waals surface area contributed by atoms with Crippen molar-refractivity contribution in [2.24, 2.45) is 0 Å². The van der Waals surface area contributed by atoms with Crippen molar-refractivity contribution in [1.82, 2.24) is 0 Å². The van der Waals surface area contributed by atoms with Crippen molar-refractivity contribution in [3.63, 3.8) is 0 Å². The van der Waals surface area contributed by atoms with Crippen molar-refractivity contribution in [2.75, 3.05) is 0 Å². The Balaban J connectivity index is 0. The van der Waals surface area contributed by atoms with Crippen molar-refractivity contribution in [3.05, 3.63) is 30.3 Å². The molecular weight excluding hydrogens is 302 g/mol. The predicted octanol–water partition coefficient (Wildman–Crippen LogP) is -5.85. The van der Waals surface area contributed by atoms with E-state index in [1.165, 1.54) is 6.07 Å². The van der Waals surface area contributed by atoms with E-state index in [0.29, 0.717) is 0 Å². The monoisotopic (exact) mass is 308 g/mol. The van der Waals surface area contributed by atoms with E-state index in [1.807, 2.05) is 0 Å². The smallest absolute Gasteiger partial charge is 0.744 e. The minimum atomic E-state index is -5.06. The van der Waals surface area contributed by atoms with Crippen LogP contribution in [0.25, 0.3) is 6.08 Å². The Morgan fingerprint density at radius 3 is 1.83 bits per heavy atom.